The van der Waals surface area contributed by atoms with Crippen molar-refractivity contribution in [1.29, 1.82) is 0 Å². The maximum Gasteiger partial charge on any atom is 0.181 e. The third-order valence-corrected chi connectivity index (χ3v) is 3.68. The summed E-state index contributed by atoms with van der Waals surface area (Å²) in [6.45, 7) is 0. The van der Waals surface area contributed by atoms with Crippen molar-refractivity contribution in [2.24, 2.45) is 0 Å². The molecule has 0 spiro atoms. The molecule has 0 unspecified atom stereocenters. The lowest BCUT2D eigenvalue weighted by Crippen LogP contribution is -1.99. The van der Waals surface area contributed by atoms with Gasteiger partial charge in [0.2, 0.25) is 0 Å². The minimum atomic E-state index is 0.575. The molecule has 0 N–H and O–H groups in total. The molecule has 1 aromatic carbocycles. The zero-order chi connectivity index (χ0) is 13.5. The fraction of sp³-hybridized carbons (Fsp3) is 0.214. The number of nitrogens with zero attached hydrogens (tertiary/aromatic N) is 5. The van der Waals surface area contributed by atoms with Crippen molar-refractivity contribution in [3.63, 3.8) is 0 Å². The van der Waals surface area contributed by atoms with E-state index in [1.807, 2.05) is 47.4 Å². The smallest absolute Gasteiger partial charge is 0.181 e. The molecule has 5 nitrogen and oxygen atoms in total. The summed E-state index contributed by atoms with van der Waals surface area (Å²) in [6, 6.07) is 7.50. The van der Waals surface area contributed by atoms with Crippen molar-refractivity contribution in [3.05, 3.63) is 53.7 Å². The third kappa shape index (κ3) is 2.00. The molecule has 1 fully saturated rings. The van der Waals surface area contributed by atoms with Gasteiger partial charge in [0.1, 0.15) is 5.82 Å². The monoisotopic (exact) mass is 285 g/mol. The quantitative estimate of drug-likeness (QED) is 0.743. The summed E-state index contributed by atoms with van der Waals surface area (Å²) in [6.07, 6.45) is 8.07. The van der Waals surface area contributed by atoms with Crippen LogP contribution in [0, 0.1) is 0 Å². The molecule has 2 aromatic heterocycles. The second-order valence-electron chi connectivity index (χ2n) is 4.93. The highest BCUT2D eigenvalue weighted by Crippen LogP contribution is 2.39. The Balaban J connectivity index is 1.70. The molecule has 1 aliphatic rings. The second-order valence-corrected chi connectivity index (χ2v) is 5.36. The number of aromatic nitrogens is 5. The Kier molecular flexibility index (Phi) is 2.60. The highest BCUT2D eigenvalue weighted by atomic mass is 35.5. The van der Waals surface area contributed by atoms with Crippen LogP contribution in [0.4, 0.5) is 0 Å². The molecular weight excluding hydrogens is 274 g/mol. The molecule has 0 saturated heterocycles. The maximum atomic E-state index is 5.89. The molecule has 1 saturated carbocycles. The normalized spacial score (nSPS) is 14.7. The van der Waals surface area contributed by atoms with E-state index in [0.717, 1.165) is 17.3 Å². The molecule has 100 valence electrons. The summed E-state index contributed by atoms with van der Waals surface area (Å²) in [5.74, 6) is 2.44. The van der Waals surface area contributed by atoms with E-state index in [4.69, 9.17) is 11.6 Å². The number of hydrogen-bond donors (Lipinski definition) is 0. The first-order valence-electron chi connectivity index (χ1n) is 6.53. The summed E-state index contributed by atoms with van der Waals surface area (Å²) < 4.78 is 3.75. The molecule has 0 atom stereocenters. The average molecular weight is 286 g/mol. The molecular formula is C14H12ClN5. The van der Waals surface area contributed by atoms with E-state index in [9.17, 15) is 0 Å². The van der Waals surface area contributed by atoms with Gasteiger partial charge in [0.25, 0.3) is 0 Å². The van der Waals surface area contributed by atoms with Crippen molar-refractivity contribution in [1.82, 2.24) is 24.5 Å². The molecule has 0 bridgehead atoms. The van der Waals surface area contributed by atoms with E-state index < -0.39 is 0 Å². The molecule has 3 aromatic rings. The lowest BCUT2D eigenvalue weighted by Gasteiger charge is -2.01. The first-order chi connectivity index (χ1) is 9.81. The summed E-state index contributed by atoms with van der Waals surface area (Å²) in [4.78, 5) is 4.42. The molecule has 2 heterocycles. The summed E-state index contributed by atoms with van der Waals surface area (Å²) in [7, 11) is 0. The Morgan fingerprint density at radius 1 is 1.15 bits per heavy atom. The lowest BCUT2D eigenvalue weighted by molar-refractivity contribution is 0.793. The van der Waals surface area contributed by atoms with Gasteiger partial charge in [0, 0.05) is 23.3 Å². The van der Waals surface area contributed by atoms with Crippen LogP contribution in [0.1, 0.15) is 24.6 Å². The predicted octanol–water partition coefficient (Wildman–Crippen LogP) is 2.98. The van der Waals surface area contributed by atoms with Gasteiger partial charge >= 0.3 is 0 Å². The van der Waals surface area contributed by atoms with Gasteiger partial charge in [-0.2, -0.15) is 0 Å². The van der Waals surface area contributed by atoms with Gasteiger partial charge in [0.15, 0.2) is 5.82 Å². The molecule has 0 amide bonds. The van der Waals surface area contributed by atoms with E-state index in [0.29, 0.717) is 10.9 Å². The van der Waals surface area contributed by atoms with Gasteiger partial charge in [0.05, 0.1) is 11.9 Å². The van der Waals surface area contributed by atoms with Crippen LogP contribution in [0.25, 0.3) is 11.5 Å². The van der Waals surface area contributed by atoms with Crippen LogP contribution in [0.5, 0.6) is 0 Å². The van der Waals surface area contributed by atoms with E-state index in [-0.39, 0.29) is 0 Å². The second kappa shape index (κ2) is 4.45. The van der Waals surface area contributed by atoms with E-state index >= 15 is 0 Å². The Morgan fingerprint density at radius 3 is 2.70 bits per heavy atom. The number of halogens is 1. The molecule has 1 aliphatic carbocycles. The van der Waals surface area contributed by atoms with Crippen molar-refractivity contribution in [2.45, 2.75) is 18.8 Å². The number of hydrogen-bond acceptors (Lipinski definition) is 3. The summed E-state index contributed by atoms with van der Waals surface area (Å²) in [5, 5.41) is 9.11. The molecule has 0 radical (unpaired) electrons. The van der Waals surface area contributed by atoms with Gasteiger partial charge < -0.3 is 0 Å². The van der Waals surface area contributed by atoms with Crippen molar-refractivity contribution in [3.8, 4) is 11.5 Å². The highest BCUT2D eigenvalue weighted by Gasteiger charge is 2.28. The number of benzene rings is 1. The lowest BCUT2D eigenvalue weighted by atomic mass is 10.3. The fourth-order valence-electron chi connectivity index (χ4n) is 2.24. The molecule has 4 rings (SSSR count). The SMILES string of the molecule is Clc1ccc(-n2cc(-n3ccnc3C3CC3)nn2)cc1. The van der Waals surface area contributed by atoms with Crippen molar-refractivity contribution in [2.75, 3.05) is 0 Å². The summed E-state index contributed by atoms with van der Waals surface area (Å²) >= 11 is 5.89. The Bertz CT molecular complexity index is 739. The Morgan fingerprint density at radius 2 is 1.95 bits per heavy atom. The van der Waals surface area contributed by atoms with Gasteiger partial charge in [-0.15, -0.1) is 5.10 Å². The van der Waals surface area contributed by atoms with Crippen LogP contribution in [-0.2, 0) is 0 Å². The van der Waals surface area contributed by atoms with Crippen LogP contribution >= 0.6 is 11.6 Å². The van der Waals surface area contributed by atoms with Gasteiger partial charge in [-0.05, 0) is 37.1 Å². The summed E-state index contributed by atoms with van der Waals surface area (Å²) in [5.41, 5.74) is 0.932. The Labute approximate surface area is 120 Å². The molecule has 20 heavy (non-hydrogen) atoms. The van der Waals surface area contributed by atoms with Crippen molar-refractivity contribution < 1.29 is 0 Å². The standard InChI is InChI=1S/C14H12ClN5/c15-11-3-5-12(6-4-11)20-9-13(17-18-20)19-8-7-16-14(19)10-1-2-10/h3-10H,1-2H2. The first-order valence-corrected chi connectivity index (χ1v) is 6.91. The highest BCUT2D eigenvalue weighted by molar-refractivity contribution is 6.30. The number of rotatable bonds is 3. The van der Waals surface area contributed by atoms with Crippen LogP contribution in [0.15, 0.2) is 42.9 Å². The van der Waals surface area contributed by atoms with Gasteiger partial charge in [-0.25, -0.2) is 9.67 Å². The van der Waals surface area contributed by atoms with Crippen LogP contribution in [0.2, 0.25) is 5.02 Å². The number of imidazole rings is 1. The van der Waals surface area contributed by atoms with E-state index in [1.165, 1.54) is 12.8 Å². The van der Waals surface area contributed by atoms with Gasteiger partial charge in [-0.3, -0.25) is 4.57 Å². The zero-order valence-corrected chi connectivity index (χ0v) is 11.4. The van der Waals surface area contributed by atoms with E-state index in [2.05, 4.69) is 15.3 Å². The molecule has 0 aliphatic heterocycles. The van der Waals surface area contributed by atoms with E-state index in [1.54, 1.807) is 4.68 Å². The maximum absolute atomic E-state index is 5.89. The first kappa shape index (κ1) is 11.7. The molecule has 6 heteroatoms. The minimum Gasteiger partial charge on any atom is -0.285 e. The van der Waals surface area contributed by atoms with Crippen LogP contribution in [0.3, 0.4) is 0 Å². The minimum absolute atomic E-state index is 0.575. The Hall–Kier alpha value is -2.14. The topological polar surface area (TPSA) is 48.5 Å². The third-order valence-electron chi connectivity index (χ3n) is 3.43. The van der Waals surface area contributed by atoms with Crippen molar-refractivity contribution >= 4 is 11.6 Å². The predicted molar refractivity (Wildman–Crippen MR) is 75.5 cm³/mol. The van der Waals surface area contributed by atoms with Crippen LogP contribution < -0.4 is 0 Å². The average Bonchev–Trinajstić information content (AvgIpc) is 3.01. The largest absolute Gasteiger partial charge is 0.285 e. The zero-order valence-electron chi connectivity index (χ0n) is 10.6. The van der Waals surface area contributed by atoms with Crippen LogP contribution in [-0.4, -0.2) is 24.5 Å². The fourth-order valence-corrected chi connectivity index (χ4v) is 2.36. The van der Waals surface area contributed by atoms with Gasteiger partial charge in [-0.1, -0.05) is 16.8 Å².